The minimum Gasteiger partial charge on any atom is -0.396 e. The van der Waals surface area contributed by atoms with Gasteiger partial charge in [-0.2, -0.15) is 0 Å². The predicted molar refractivity (Wildman–Crippen MR) is 107 cm³/mol. The Bertz CT molecular complexity index is 922. The van der Waals surface area contributed by atoms with Crippen LogP contribution in [0.15, 0.2) is 34.2 Å². The summed E-state index contributed by atoms with van der Waals surface area (Å²) in [5, 5.41) is 10.1. The molecule has 8 nitrogen and oxygen atoms in total. The van der Waals surface area contributed by atoms with Crippen molar-refractivity contribution in [1.29, 1.82) is 0 Å². The van der Waals surface area contributed by atoms with E-state index >= 15 is 0 Å². The van der Waals surface area contributed by atoms with Gasteiger partial charge in [-0.25, -0.2) is 4.98 Å². The molecule has 0 saturated carbocycles. The van der Waals surface area contributed by atoms with Gasteiger partial charge >= 0.3 is 0 Å². The third-order valence-electron chi connectivity index (χ3n) is 4.94. The molecule has 0 unspecified atom stereocenters. The van der Waals surface area contributed by atoms with Crippen molar-refractivity contribution in [2.24, 2.45) is 11.7 Å². The molecule has 2 amide bonds. The molecule has 0 atom stereocenters. The Kier molecular flexibility index (Phi) is 6.69. The standard InChI is InChI=1S/C19H24N4O4S/c20-17(26)13-6-9-22(10-7-13)16(25)12-28-19-21-15-5-2-1-4-14(15)18(27)23(19)8-3-11-24/h1-2,4-5,13,24H,3,6-12H2,(H2,20,26). The number of hydrogen-bond donors (Lipinski definition) is 2. The van der Waals surface area contributed by atoms with Crippen molar-refractivity contribution < 1.29 is 14.7 Å². The highest BCUT2D eigenvalue weighted by atomic mass is 32.2. The lowest BCUT2D eigenvalue weighted by Crippen LogP contribution is -2.42. The zero-order valence-corrected chi connectivity index (χ0v) is 16.4. The summed E-state index contributed by atoms with van der Waals surface area (Å²) >= 11 is 1.22. The Hall–Kier alpha value is -2.39. The van der Waals surface area contributed by atoms with Gasteiger partial charge in [-0.3, -0.25) is 19.0 Å². The molecule has 1 saturated heterocycles. The van der Waals surface area contributed by atoms with Crippen molar-refractivity contribution in [3.8, 4) is 0 Å². The van der Waals surface area contributed by atoms with E-state index in [0.29, 0.717) is 55.0 Å². The van der Waals surface area contributed by atoms with Crippen LogP contribution in [-0.2, 0) is 16.1 Å². The minimum atomic E-state index is -0.310. The van der Waals surface area contributed by atoms with E-state index in [2.05, 4.69) is 4.98 Å². The number of aromatic nitrogens is 2. The highest BCUT2D eigenvalue weighted by molar-refractivity contribution is 7.99. The van der Waals surface area contributed by atoms with E-state index in [1.165, 1.54) is 16.3 Å². The second-order valence-corrected chi connectivity index (χ2v) is 7.73. The molecule has 1 aromatic carbocycles. The second kappa shape index (κ2) is 9.20. The summed E-state index contributed by atoms with van der Waals surface area (Å²) in [7, 11) is 0. The number of piperidine rings is 1. The van der Waals surface area contributed by atoms with Crippen LogP contribution in [0.5, 0.6) is 0 Å². The fraction of sp³-hybridized carbons (Fsp3) is 0.474. The third kappa shape index (κ3) is 4.53. The van der Waals surface area contributed by atoms with Crippen LogP contribution >= 0.6 is 11.8 Å². The molecule has 1 aliphatic heterocycles. The van der Waals surface area contributed by atoms with Crippen LogP contribution < -0.4 is 11.3 Å². The van der Waals surface area contributed by atoms with Crippen LogP contribution in [0.1, 0.15) is 19.3 Å². The third-order valence-corrected chi connectivity index (χ3v) is 5.90. The van der Waals surface area contributed by atoms with Gasteiger partial charge in [0.25, 0.3) is 5.56 Å². The topological polar surface area (TPSA) is 119 Å². The van der Waals surface area contributed by atoms with E-state index in [9.17, 15) is 14.4 Å². The number of fused-ring (bicyclic) bond motifs is 1. The monoisotopic (exact) mass is 404 g/mol. The first-order valence-corrected chi connectivity index (χ1v) is 10.3. The quantitative estimate of drug-likeness (QED) is 0.515. The first-order valence-electron chi connectivity index (χ1n) is 9.31. The molecular formula is C19H24N4O4S. The normalized spacial score (nSPS) is 15.1. The molecule has 1 aromatic heterocycles. The zero-order valence-electron chi connectivity index (χ0n) is 15.5. The summed E-state index contributed by atoms with van der Waals surface area (Å²) in [6.07, 6.45) is 1.60. The lowest BCUT2D eigenvalue weighted by molar-refractivity contribution is -0.132. The highest BCUT2D eigenvalue weighted by Gasteiger charge is 2.26. The highest BCUT2D eigenvalue weighted by Crippen LogP contribution is 2.21. The number of primary amides is 1. The first kappa shape index (κ1) is 20.3. The molecule has 28 heavy (non-hydrogen) atoms. The smallest absolute Gasteiger partial charge is 0.262 e. The number of aliphatic hydroxyl groups is 1. The van der Waals surface area contributed by atoms with Crippen LogP contribution in [-0.4, -0.2) is 56.8 Å². The van der Waals surface area contributed by atoms with Gasteiger partial charge in [0.05, 0.1) is 16.7 Å². The number of para-hydroxylation sites is 1. The summed E-state index contributed by atoms with van der Waals surface area (Å²) in [4.78, 5) is 42.9. The predicted octanol–water partition coefficient (Wildman–Crippen LogP) is 0.595. The molecule has 0 radical (unpaired) electrons. The summed E-state index contributed by atoms with van der Waals surface area (Å²) in [5.41, 5.74) is 5.75. The summed E-state index contributed by atoms with van der Waals surface area (Å²) in [6, 6.07) is 7.10. The van der Waals surface area contributed by atoms with E-state index in [4.69, 9.17) is 10.8 Å². The van der Waals surface area contributed by atoms with Crippen molar-refractivity contribution in [2.75, 3.05) is 25.4 Å². The van der Waals surface area contributed by atoms with E-state index in [-0.39, 0.29) is 35.7 Å². The number of benzene rings is 1. The summed E-state index contributed by atoms with van der Waals surface area (Å²) < 4.78 is 1.52. The van der Waals surface area contributed by atoms with Crippen molar-refractivity contribution in [3.05, 3.63) is 34.6 Å². The molecule has 2 heterocycles. The number of thioether (sulfide) groups is 1. The molecule has 0 spiro atoms. The largest absolute Gasteiger partial charge is 0.396 e. The van der Waals surface area contributed by atoms with E-state index in [1.807, 2.05) is 6.07 Å². The maximum atomic E-state index is 12.8. The number of aliphatic hydroxyl groups excluding tert-OH is 1. The molecule has 9 heteroatoms. The number of carbonyl (C=O) groups is 2. The van der Waals surface area contributed by atoms with Crippen molar-refractivity contribution in [2.45, 2.75) is 31.0 Å². The number of nitrogens with zero attached hydrogens (tertiary/aromatic N) is 3. The van der Waals surface area contributed by atoms with Crippen molar-refractivity contribution in [3.63, 3.8) is 0 Å². The Morgan fingerprint density at radius 2 is 1.96 bits per heavy atom. The first-order chi connectivity index (χ1) is 13.5. The molecule has 2 aromatic rings. The summed E-state index contributed by atoms with van der Waals surface area (Å²) in [6.45, 7) is 1.33. The molecule has 1 aliphatic rings. The van der Waals surface area contributed by atoms with Gasteiger partial charge in [-0.1, -0.05) is 23.9 Å². The Morgan fingerprint density at radius 1 is 1.25 bits per heavy atom. The van der Waals surface area contributed by atoms with Crippen LogP contribution in [0.3, 0.4) is 0 Å². The van der Waals surface area contributed by atoms with E-state index in [1.54, 1.807) is 23.1 Å². The van der Waals surface area contributed by atoms with Gasteiger partial charge in [0.15, 0.2) is 5.16 Å². The lowest BCUT2D eigenvalue weighted by atomic mass is 9.96. The molecule has 150 valence electrons. The summed E-state index contributed by atoms with van der Waals surface area (Å²) in [5.74, 6) is -0.369. The van der Waals surface area contributed by atoms with Gasteiger partial charge in [0, 0.05) is 32.2 Å². The van der Waals surface area contributed by atoms with Gasteiger partial charge in [0.1, 0.15) is 0 Å². The fourth-order valence-corrected chi connectivity index (χ4v) is 4.24. The number of amides is 2. The molecule has 1 fully saturated rings. The number of nitrogens with two attached hydrogens (primary N) is 1. The Labute approximate surface area is 166 Å². The SMILES string of the molecule is NC(=O)C1CCN(C(=O)CSc2nc3ccccc3c(=O)n2CCCO)CC1. The van der Waals surface area contributed by atoms with Gasteiger partial charge in [-0.05, 0) is 31.4 Å². The molecule has 0 aliphatic carbocycles. The number of hydrogen-bond acceptors (Lipinski definition) is 6. The van der Waals surface area contributed by atoms with Crippen molar-refractivity contribution in [1.82, 2.24) is 14.5 Å². The Balaban J connectivity index is 1.73. The average Bonchev–Trinajstić information content (AvgIpc) is 2.71. The molecule has 0 bridgehead atoms. The van der Waals surface area contributed by atoms with Gasteiger partial charge in [0.2, 0.25) is 11.8 Å². The van der Waals surface area contributed by atoms with Crippen molar-refractivity contribution >= 4 is 34.5 Å². The van der Waals surface area contributed by atoms with E-state index < -0.39 is 0 Å². The lowest BCUT2D eigenvalue weighted by Gasteiger charge is -2.30. The number of rotatable bonds is 7. The van der Waals surface area contributed by atoms with Crippen LogP contribution in [0.25, 0.3) is 10.9 Å². The maximum absolute atomic E-state index is 12.8. The van der Waals surface area contributed by atoms with Gasteiger partial charge in [-0.15, -0.1) is 0 Å². The average molecular weight is 404 g/mol. The molecular weight excluding hydrogens is 380 g/mol. The van der Waals surface area contributed by atoms with Crippen LogP contribution in [0, 0.1) is 5.92 Å². The van der Waals surface area contributed by atoms with Gasteiger partial charge < -0.3 is 15.7 Å². The molecule has 3 rings (SSSR count). The Morgan fingerprint density at radius 3 is 2.64 bits per heavy atom. The van der Waals surface area contributed by atoms with Crippen LogP contribution in [0.4, 0.5) is 0 Å². The molecule has 3 N–H and O–H groups in total. The van der Waals surface area contributed by atoms with Crippen LogP contribution in [0.2, 0.25) is 0 Å². The maximum Gasteiger partial charge on any atom is 0.262 e. The number of carbonyl (C=O) groups excluding carboxylic acids is 2. The minimum absolute atomic E-state index is 0.0306. The second-order valence-electron chi connectivity index (χ2n) is 6.79. The number of likely N-dealkylation sites (tertiary alicyclic amines) is 1. The fourth-order valence-electron chi connectivity index (χ4n) is 3.31. The zero-order chi connectivity index (χ0) is 20.1. The van der Waals surface area contributed by atoms with E-state index in [0.717, 1.165) is 0 Å².